The zero-order valence-corrected chi connectivity index (χ0v) is 79.4. The van der Waals surface area contributed by atoms with E-state index in [0.29, 0.717) is 85.9 Å². The predicted octanol–water partition coefficient (Wildman–Crippen LogP) is 34.6. The fraction of sp³-hybridized carbons (Fsp3) is 0. The number of fused-ring (bicyclic) bond motifs is 18. The van der Waals surface area contributed by atoms with Crippen molar-refractivity contribution in [3.8, 4) is 153 Å². The summed E-state index contributed by atoms with van der Waals surface area (Å²) in [6, 6.07) is 132. The SMILES string of the molecule is [2H]c1c([2H])c([2H])c(-c2ccc3c(c2)c2ccccc2n3-c2ccc3oc4cc(-c5nc(-c6ccccc6)nc(-c6ccccc6)n5)ccc4c3c2)c([2H])c1[2H].[2H]c1c([2H])c([2H])c(-c2ccc3c4ccccc4n(-c4ccc5oc6cc(-c7nc(-c8ccccc8)nc(-c8ccccc8)n7)ccc6c5c4)c3c2)c([2H])c1[2H].[2H]c1c([2H])c([2H])c(-c2cccc3c2c2ccccc2n3-c2ccc3oc4cc(-c5nc(-c6ccccc6)nc(-c6ccccc6)n5)ccc4c3c2)c([2H])c1[2H]. The van der Waals surface area contributed by atoms with Gasteiger partial charge in [-0.2, -0.15) is 0 Å². The highest BCUT2D eigenvalue weighted by atomic mass is 16.3. The molecule has 0 amide bonds. The third kappa shape index (κ3) is 15.9. The minimum absolute atomic E-state index is 0.168. The number of hydrogen-bond acceptors (Lipinski definition) is 12. The van der Waals surface area contributed by atoms with Crippen LogP contribution in [0.5, 0.6) is 0 Å². The van der Waals surface area contributed by atoms with Gasteiger partial charge in [0.2, 0.25) is 0 Å². The molecule has 0 unspecified atom stereocenters. The van der Waals surface area contributed by atoms with Crippen LogP contribution in [0.15, 0.2) is 522 Å². The summed E-state index contributed by atoms with van der Waals surface area (Å²) in [6.07, 6.45) is 0. The van der Waals surface area contributed by atoms with Crippen molar-refractivity contribution in [1.29, 1.82) is 0 Å². The summed E-state index contributed by atoms with van der Waals surface area (Å²) < 4.78 is 152. The van der Waals surface area contributed by atoms with Crippen molar-refractivity contribution < 1.29 is 33.8 Å². The lowest BCUT2D eigenvalue weighted by molar-refractivity contribution is 0.668. The van der Waals surface area contributed by atoms with Gasteiger partial charge >= 0.3 is 0 Å². The summed E-state index contributed by atoms with van der Waals surface area (Å²) in [5.41, 5.74) is 22.5. The predicted molar refractivity (Wildman–Crippen MR) is 610 cm³/mol. The molecule has 0 bridgehead atoms. The Balaban J connectivity index is 0.000000116. The zero-order chi connectivity index (χ0) is 112. The number of hydrogen-bond donors (Lipinski definition) is 0. The Labute approximate surface area is 880 Å². The number of rotatable bonds is 15. The molecule has 0 spiro atoms. The van der Waals surface area contributed by atoms with Gasteiger partial charge in [0.15, 0.2) is 52.4 Å². The van der Waals surface area contributed by atoms with E-state index in [4.69, 9.17) is 78.7 Å². The number of benzene rings is 21. The Morgan fingerprint density at radius 2 is 0.427 bits per heavy atom. The summed E-state index contributed by atoms with van der Waals surface area (Å²) in [6.45, 7) is 0. The molecule has 0 aliphatic carbocycles. The van der Waals surface area contributed by atoms with Crippen molar-refractivity contribution in [3.05, 3.63) is 509 Å². The van der Waals surface area contributed by atoms with Gasteiger partial charge in [0.25, 0.3) is 0 Å². The van der Waals surface area contributed by atoms with Gasteiger partial charge < -0.3 is 27.0 Å². The first-order valence-corrected chi connectivity index (χ1v) is 48.9. The Morgan fingerprint density at radius 3 is 0.807 bits per heavy atom. The summed E-state index contributed by atoms with van der Waals surface area (Å²) in [4.78, 5) is 43.9. The lowest BCUT2D eigenvalue weighted by atomic mass is 9.99. The average molecular weight is 1940 g/mol. The summed E-state index contributed by atoms with van der Waals surface area (Å²) >= 11 is 0. The Morgan fingerprint density at radius 1 is 0.153 bits per heavy atom. The van der Waals surface area contributed by atoms with Gasteiger partial charge in [-0.05, 0) is 167 Å². The van der Waals surface area contributed by atoms with Crippen LogP contribution >= 0.6 is 0 Å². The van der Waals surface area contributed by atoms with Crippen LogP contribution < -0.4 is 0 Å². The highest BCUT2D eigenvalue weighted by molar-refractivity contribution is 6.18. The largest absolute Gasteiger partial charge is 0.456 e. The fourth-order valence-corrected chi connectivity index (χ4v) is 20.4. The molecule has 702 valence electrons. The molecule has 0 fully saturated rings. The molecule has 15 heteroatoms. The van der Waals surface area contributed by atoms with Crippen molar-refractivity contribution in [1.82, 2.24) is 58.6 Å². The molecule has 0 aliphatic heterocycles. The van der Waals surface area contributed by atoms with Gasteiger partial charge in [-0.3, -0.25) is 0 Å². The minimum atomic E-state index is -0.414. The summed E-state index contributed by atoms with van der Waals surface area (Å²) in [7, 11) is 0. The molecule has 30 aromatic rings. The first kappa shape index (κ1) is 72.7. The van der Waals surface area contributed by atoms with Gasteiger partial charge in [-0.1, -0.05) is 376 Å². The second-order valence-corrected chi connectivity index (χ2v) is 36.3. The summed E-state index contributed by atoms with van der Waals surface area (Å²) in [5.74, 6) is 5.13. The van der Waals surface area contributed by atoms with Crippen LogP contribution in [0, 0.1) is 0 Å². The lowest BCUT2D eigenvalue weighted by Gasteiger charge is -2.09. The maximum Gasteiger partial charge on any atom is 0.164 e. The topological polar surface area (TPSA) is 170 Å². The minimum Gasteiger partial charge on any atom is -0.456 e. The molecule has 30 rings (SSSR count). The number of para-hydroxylation sites is 3. The van der Waals surface area contributed by atoms with E-state index in [-0.39, 0.29) is 89.2 Å². The molecule has 21 aromatic carbocycles. The van der Waals surface area contributed by atoms with E-state index in [1.54, 1.807) is 0 Å². The molecule has 0 atom stereocenters. The van der Waals surface area contributed by atoms with E-state index >= 15 is 0 Å². The number of nitrogens with zero attached hydrogens (tertiary/aromatic N) is 12. The van der Waals surface area contributed by atoms with Gasteiger partial charge in [0.05, 0.1) is 53.7 Å². The molecule has 9 aromatic heterocycles. The van der Waals surface area contributed by atoms with Gasteiger partial charge in [-0.25, -0.2) is 44.9 Å². The van der Waals surface area contributed by atoms with Crippen LogP contribution in [0.4, 0.5) is 0 Å². The van der Waals surface area contributed by atoms with Crippen molar-refractivity contribution in [2.75, 3.05) is 0 Å². The van der Waals surface area contributed by atoms with Crippen molar-refractivity contribution >= 4 is 131 Å². The Bertz CT molecular complexity index is 11000. The van der Waals surface area contributed by atoms with Gasteiger partial charge in [0, 0.05) is 132 Å². The third-order valence-corrected chi connectivity index (χ3v) is 27.4. The molecular formula is C135H84N12O3. The monoisotopic (exact) mass is 1940 g/mol. The van der Waals surface area contributed by atoms with Crippen LogP contribution in [0.25, 0.3) is 284 Å². The molecule has 0 N–H and O–H groups in total. The van der Waals surface area contributed by atoms with Crippen LogP contribution in [-0.4, -0.2) is 58.6 Å². The molecule has 9 heterocycles. The molecule has 0 aliphatic rings. The van der Waals surface area contributed by atoms with E-state index in [2.05, 4.69) is 50.1 Å². The normalized spacial score (nSPS) is 13.0. The number of aromatic nitrogens is 12. The molecular weight excluding hydrogens is 1840 g/mol. The summed E-state index contributed by atoms with van der Waals surface area (Å²) in [5, 5.41) is 11.2. The van der Waals surface area contributed by atoms with E-state index in [0.717, 1.165) is 182 Å². The Kier molecular flexibility index (Phi) is 17.9. The van der Waals surface area contributed by atoms with Crippen molar-refractivity contribution in [2.45, 2.75) is 0 Å². The third-order valence-electron chi connectivity index (χ3n) is 27.4. The fourth-order valence-electron chi connectivity index (χ4n) is 20.4. The van der Waals surface area contributed by atoms with Gasteiger partial charge in [-0.15, -0.1) is 0 Å². The first-order chi connectivity index (χ1) is 80.5. The maximum atomic E-state index is 8.75. The van der Waals surface area contributed by atoms with Gasteiger partial charge in [0.1, 0.15) is 33.5 Å². The second kappa shape index (κ2) is 37.0. The standard InChI is InChI=1S/3C45H28N4O/c1-4-13-29(14-5-1)34-20-12-22-39-42(34)36-19-10-11-21-38(36)49(39)33-24-26-40-37(28-33)35-25-23-32(27-41(35)50-40)45-47-43(30-15-6-2-7-16-30)46-44(48-45)31-17-8-3-9-18-31;1-4-12-29(13-5-1)32-21-24-40-37(26-32)35-18-10-11-19-39(35)49(40)34-22-25-41-38(28-34)36-23-20-33(27-42(36)50-41)45-47-43(30-14-6-2-7-15-30)46-44(48-45)31-16-8-3-9-17-31;1-4-12-29(13-5-1)32-20-23-36-35-18-10-11-19-39(35)49(40(36)26-32)34-22-25-41-38(28-34)37-24-21-33(27-42(37)50-41)45-47-43(30-14-6-2-7-15-30)46-44(48-45)31-16-8-3-9-17-31/h3*1-28H/i1D,4D,5D,13D,14D;2*1D,4D,5D,12D,13D. The van der Waals surface area contributed by atoms with Crippen molar-refractivity contribution in [3.63, 3.8) is 0 Å². The highest BCUT2D eigenvalue weighted by Crippen LogP contribution is 2.46. The molecule has 0 saturated carbocycles. The zero-order valence-electron chi connectivity index (χ0n) is 94.4. The van der Waals surface area contributed by atoms with E-state index in [9.17, 15) is 0 Å². The molecule has 150 heavy (non-hydrogen) atoms. The highest BCUT2D eigenvalue weighted by Gasteiger charge is 2.26. The van der Waals surface area contributed by atoms with E-state index < -0.39 is 18.1 Å². The lowest BCUT2D eigenvalue weighted by Crippen LogP contribution is -2.00. The average Bonchev–Trinajstić information content (AvgIpc) is 1.57. The van der Waals surface area contributed by atoms with Crippen molar-refractivity contribution in [2.24, 2.45) is 0 Å². The first-order valence-electron chi connectivity index (χ1n) is 56.4. The van der Waals surface area contributed by atoms with E-state index in [1.165, 1.54) is 0 Å². The smallest absolute Gasteiger partial charge is 0.164 e. The van der Waals surface area contributed by atoms with Crippen LogP contribution in [0.3, 0.4) is 0 Å². The number of furan rings is 3. The van der Waals surface area contributed by atoms with Crippen LogP contribution in [0.1, 0.15) is 20.6 Å². The quantitative estimate of drug-likeness (QED) is 0.0953. The maximum absolute atomic E-state index is 8.75. The molecule has 0 radical (unpaired) electrons. The van der Waals surface area contributed by atoms with E-state index in [1.807, 2.05) is 382 Å². The van der Waals surface area contributed by atoms with Crippen LogP contribution in [-0.2, 0) is 0 Å². The second-order valence-electron chi connectivity index (χ2n) is 36.3. The Hall–Kier alpha value is -20.6. The van der Waals surface area contributed by atoms with Crippen LogP contribution in [0.2, 0.25) is 0 Å². The molecule has 0 saturated heterocycles. The molecule has 15 nitrogen and oxygen atoms in total.